The van der Waals surface area contributed by atoms with Crippen LogP contribution in [0.15, 0.2) is 42.6 Å². The Morgan fingerprint density at radius 2 is 1.93 bits per heavy atom. The quantitative estimate of drug-likeness (QED) is 0.655. The number of nitrogens with zero attached hydrogens (tertiary/aromatic N) is 3. The van der Waals surface area contributed by atoms with Crippen LogP contribution < -0.4 is 10.1 Å². The highest BCUT2D eigenvalue weighted by molar-refractivity contribution is 6.07. The van der Waals surface area contributed by atoms with Gasteiger partial charge < -0.3 is 15.0 Å². The third-order valence-electron chi connectivity index (χ3n) is 4.94. The van der Waals surface area contributed by atoms with Crippen LogP contribution >= 0.6 is 12.4 Å². The maximum absolute atomic E-state index is 13.2. The molecule has 3 aromatic rings. The lowest BCUT2D eigenvalue weighted by Gasteiger charge is -2.20. The molecule has 4 rings (SSSR count). The van der Waals surface area contributed by atoms with E-state index in [9.17, 15) is 4.79 Å². The Bertz CT molecular complexity index is 1020. The highest BCUT2D eigenvalue weighted by Crippen LogP contribution is 2.34. The van der Waals surface area contributed by atoms with Gasteiger partial charge in [0, 0.05) is 30.4 Å². The number of likely N-dealkylation sites (tertiary alicyclic amines) is 1. The molecule has 0 bridgehead atoms. The Morgan fingerprint density at radius 1 is 1.17 bits per heavy atom. The van der Waals surface area contributed by atoms with Crippen molar-refractivity contribution in [3.05, 3.63) is 53.9 Å². The molecular formula is C22H25ClN4O2. The number of hydrogen-bond acceptors (Lipinski definition) is 5. The Morgan fingerprint density at radius 3 is 2.69 bits per heavy atom. The van der Waals surface area contributed by atoms with Crippen LogP contribution in [0.4, 0.5) is 11.4 Å². The number of para-hydroxylation sites is 2. The number of hydrogen-bond donors (Lipinski definition) is 1. The Labute approximate surface area is 176 Å². The molecule has 2 aromatic heterocycles. The summed E-state index contributed by atoms with van der Waals surface area (Å²) in [6.45, 7) is 6.03. The molecule has 29 heavy (non-hydrogen) atoms. The first-order valence-electron chi connectivity index (χ1n) is 9.72. The van der Waals surface area contributed by atoms with Crippen LogP contribution in [0.25, 0.3) is 11.0 Å². The summed E-state index contributed by atoms with van der Waals surface area (Å²) < 4.78 is 5.75. The summed E-state index contributed by atoms with van der Waals surface area (Å²) in [7, 11) is 0. The maximum atomic E-state index is 13.2. The number of halogens is 1. The number of aryl methyl sites for hydroxylation is 1. The van der Waals surface area contributed by atoms with E-state index in [1.807, 2.05) is 55.1 Å². The topological polar surface area (TPSA) is 67.3 Å². The van der Waals surface area contributed by atoms with E-state index >= 15 is 0 Å². The molecule has 0 aliphatic carbocycles. The number of nitrogens with one attached hydrogen (secondary N) is 1. The third-order valence-corrected chi connectivity index (χ3v) is 4.94. The lowest BCUT2D eigenvalue weighted by molar-refractivity contribution is 0.0793. The maximum Gasteiger partial charge on any atom is 0.257 e. The highest BCUT2D eigenvalue weighted by atomic mass is 35.5. The van der Waals surface area contributed by atoms with Crippen molar-refractivity contribution in [1.82, 2.24) is 14.9 Å². The molecule has 1 aliphatic heterocycles. The lowest BCUT2D eigenvalue weighted by Crippen LogP contribution is -2.28. The van der Waals surface area contributed by atoms with E-state index in [0.717, 1.165) is 54.1 Å². The van der Waals surface area contributed by atoms with E-state index in [-0.39, 0.29) is 18.3 Å². The first-order chi connectivity index (χ1) is 13.7. The minimum atomic E-state index is 0. The SMILES string of the molecule is CCOc1ccccc1Nc1c(C(=O)N2CCCC2)cnc2nc(C)ccc12.Cl. The van der Waals surface area contributed by atoms with E-state index < -0.39 is 0 Å². The molecule has 7 heteroatoms. The van der Waals surface area contributed by atoms with Gasteiger partial charge in [-0.3, -0.25) is 4.79 Å². The molecule has 0 saturated carbocycles. The zero-order chi connectivity index (χ0) is 19.5. The zero-order valence-electron chi connectivity index (χ0n) is 16.6. The third kappa shape index (κ3) is 4.27. The van der Waals surface area contributed by atoms with E-state index in [4.69, 9.17) is 4.74 Å². The molecule has 1 fully saturated rings. The van der Waals surface area contributed by atoms with Crippen LogP contribution in [-0.2, 0) is 0 Å². The number of benzene rings is 1. The van der Waals surface area contributed by atoms with Crippen molar-refractivity contribution in [2.45, 2.75) is 26.7 Å². The fraction of sp³-hybridized carbons (Fsp3) is 0.318. The molecule has 6 nitrogen and oxygen atoms in total. The van der Waals surface area contributed by atoms with Crippen molar-refractivity contribution in [2.75, 3.05) is 25.0 Å². The second kappa shape index (κ2) is 9.09. The second-order valence-corrected chi connectivity index (χ2v) is 6.92. The molecule has 1 N–H and O–H groups in total. The molecule has 0 spiro atoms. The van der Waals surface area contributed by atoms with Crippen molar-refractivity contribution in [2.24, 2.45) is 0 Å². The van der Waals surface area contributed by atoms with Gasteiger partial charge in [-0.05, 0) is 51.0 Å². The molecule has 0 atom stereocenters. The summed E-state index contributed by atoms with van der Waals surface area (Å²) in [5.74, 6) is 0.749. The Kier molecular flexibility index (Phi) is 6.54. The minimum Gasteiger partial charge on any atom is -0.492 e. The van der Waals surface area contributed by atoms with Crippen LogP contribution in [0.2, 0.25) is 0 Å². The van der Waals surface area contributed by atoms with Gasteiger partial charge in [0.15, 0.2) is 5.65 Å². The van der Waals surface area contributed by atoms with E-state index in [0.29, 0.717) is 17.8 Å². The summed E-state index contributed by atoms with van der Waals surface area (Å²) in [6.07, 6.45) is 3.73. The smallest absolute Gasteiger partial charge is 0.257 e. The van der Waals surface area contributed by atoms with Crippen LogP contribution in [0.1, 0.15) is 35.8 Å². The van der Waals surface area contributed by atoms with Crippen molar-refractivity contribution in [3.63, 3.8) is 0 Å². The van der Waals surface area contributed by atoms with Gasteiger partial charge in [-0.2, -0.15) is 0 Å². The molecule has 1 aromatic carbocycles. The number of pyridine rings is 2. The second-order valence-electron chi connectivity index (χ2n) is 6.92. The summed E-state index contributed by atoms with van der Waals surface area (Å²) in [6, 6.07) is 11.6. The van der Waals surface area contributed by atoms with E-state index in [2.05, 4.69) is 15.3 Å². The average Bonchev–Trinajstić information content (AvgIpc) is 3.24. The summed E-state index contributed by atoms with van der Waals surface area (Å²) in [4.78, 5) is 24.1. The number of carbonyl (C=O) groups excluding carboxylic acids is 1. The van der Waals surface area contributed by atoms with E-state index in [1.165, 1.54) is 0 Å². The lowest BCUT2D eigenvalue weighted by atomic mass is 10.1. The summed E-state index contributed by atoms with van der Waals surface area (Å²) >= 11 is 0. The van der Waals surface area contributed by atoms with Gasteiger partial charge in [0.2, 0.25) is 0 Å². The summed E-state index contributed by atoms with van der Waals surface area (Å²) in [5, 5.41) is 4.26. The number of carbonyl (C=O) groups is 1. The van der Waals surface area contributed by atoms with Crippen molar-refractivity contribution in [3.8, 4) is 5.75 Å². The van der Waals surface area contributed by atoms with Crippen LogP contribution in [0.3, 0.4) is 0 Å². The molecule has 152 valence electrons. The fourth-order valence-corrected chi connectivity index (χ4v) is 3.55. The van der Waals surface area contributed by atoms with Gasteiger partial charge in [-0.15, -0.1) is 12.4 Å². The molecular weight excluding hydrogens is 388 g/mol. The van der Waals surface area contributed by atoms with Crippen LogP contribution in [0, 0.1) is 6.92 Å². The van der Waals surface area contributed by atoms with Gasteiger partial charge in [0.1, 0.15) is 5.75 Å². The molecule has 0 radical (unpaired) electrons. The number of ether oxygens (including phenoxy) is 1. The van der Waals surface area contributed by atoms with Gasteiger partial charge in [-0.25, -0.2) is 9.97 Å². The largest absolute Gasteiger partial charge is 0.492 e. The molecule has 1 amide bonds. The predicted octanol–water partition coefficient (Wildman–Crippen LogP) is 4.74. The Balaban J connectivity index is 0.00000240. The van der Waals surface area contributed by atoms with Gasteiger partial charge in [-0.1, -0.05) is 12.1 Å². The van der Waals surface area contributed by atoms with E-state index in [1.54, 1.807) is 6.20 Å². The standard InChI is InChI=1S/C22H24N4O2.ClH/c1-3-28-19-9-5-4-8-18(19)25-20-16-11-10-15(2)24-21(16)23-14-17(20)22(27)26-12-6-7-13-26;/h4-5,8-11,14H,3,6-7,12-13H2,1-2H3,(H,23,24,25);1H. The number of anilines is 2. The number of fused-ring (bicyclic) bond motifs is 1. The van der Waals surface area contributed by atoms with Gasteiger partial charge >= 0.3 is 0 Å². The molecule has 1 aliphatic rings. The zero-order valence-corrected chi connectivity index (χ0v) is 17.5. The van der Waals surface area contributed by atoms with Gasteiger partial charge in [0.05, 0.1) is 23.5 Å². The highest BCUT2D eigenvalue weighted by Gasteiger charge is 2.24. The first kappa shape index (κ1) is 20.9. The molecule has 3 heterocycles. The van der Waals surface area contributed by atoms with Crippen molar-refractivity contribution >= 4 is 40.7 Å². The van der Waals surface area contributed by atoms with Crippen molar-refractivity contribution in [1.29, 1.82) is 0 Å². The number of aromatic nitrogens is 2. The van der Waals surface area contributed by atoms with Crippen LogP contribution in [-0.4, -0.2) is 40.5 Å². The monoisotopic (exact) mass is 412 g/mol. The fourth-order valence-electron chi connectivity index (χ4n) is 3.55. The normalized spacial score (nSPS) is 13.2. The first-order valence-corrected chi connectivity index (χ1v) is 9.72. The molecule has 1 saturated heterocycles. The average molecular weight is 413 g/mol. The predicted molar refractivity (Wildman–Crippen MR) is 118 cm³/mol. The number of rotatable bonds is 5. The molecule has 0 unspecified atom stereocenters. The minimum absolute atomic E-state index is 0. The van der Waals surface area contributed by atoms with Crippen LogP contribution in [0.5, 0.6) is 5.75 Å². The number of amides is 1. The van der Waals surface area contributed by atoms with Gasteiger partial charge in [0.25, 0.3) is 5.91 Å². The van der Waals surface area contributed by atoms with Crippen molar-refractivity contribution < 1.29 is 9.53 Å². The Hall–Kier alpha value is -2.86. The summed E-state index contributed by atoms with van der Waals surface area (Å²) in [5.41, 5.74) is 3.61.